The van der Waals surface area contributed by atoms with Crippen LogP contribution >= 0.6 is 0 Å². The van der Waals surface area contributed by atoms with E-state index in [1.165, 1.54) is 13.2 Å². The van der Waals surface area contributed by atoms with Crippen LogP contribution in [0.2, 0.25) is 0 Å². The molecule has 2 rings (SSSR count). The minimum atomic E-state index is -0.452. The molecule has 1 fully saturated rings. The Morgan fingerprint density at radius 2 is 2.19 bits per heavy atom. The second kappa shape index (κ2) is 3.75. The summed E-state index contributed by atoms with van der Waals surface area (Å²) in [6.07, 6.45) is 2.96. The van der Waals surface area contributed by atoms with Gasteiger partial charge in [0.05, 0.1) is 12.0 Å². The van der Waals surface area contributed by atoms with Crippen molar-refractivity contribution in [3.63, 3.8) is 0 Å². The van der Waals surface area contributed by atoms with E-state index < -0.39 is 4.92 Å². The monoisotopic (exact) mass is 222 g/mol. The van der Waals surface area contributed by atoms with Crippen LogP contribution in [0.4, 0.5) is 5.69 Å². The first-order valence-corrected chi connectivity index (χ1v) is 5.18. The largest absolute Gasteiger partial charge is 0.490 e. The van der Waals surface area contributed by atoms with Gasteiger partial charge in [-0.1, -0.05) is 6.07 Å². The number of rotatable bonds is 3. The number of nitrogens with two attached hydrogens (primary N) is 1. The van der Waals surface area contributed by atoms with E-state index in [1.807, 2.05) is 0 Å². The van der Waals surface area contributed by atoms with E-state index in [0.717, 1.165) is 24.8 Å². The van der Waals surface area contributed by atoms with Crippen LogP contribution in [0.15, 0.2) is 18.2 Å². The Hall–Kier alpha value is -1.62. The molecule has 16 heavy (non-hydrogen) atoms. The Kier molecular flexibility index (Phi) is 2.55. The molecular formula is C11H14N2O3. The zero-order valence-electron chi connectivity index (χ0n) is 9.10. The Bertz CT molecular complexity index is 427. The third-order valence-corrected chi connectivity index (χ3v) is 3.20. The fourth-order valence-electron chi connectivity index (χ4n) is 1.98. The molecule has 0 aliphatic heterocycles. The molecule has 0 amide bonds. The highest BCUT2D eigenvalue weighted by Gasteiger charge is 2.35. The highest BCUT2D eigenvalue weighted by atomic mass is 16.6. The van der Waals surface area contributed by atoms with Crippen molar-refractivity contribution in [1.82, 2.24) is 0 Å². The van der Waals surface area contributed by atoms with Crippen LogP contribution in [0, 0.1) is 10.1 Å². The van der Waals surface area contributed by atoms with E-state index in [1.54, 1.807) is 12.1 Å². The van der Waals surface area contributed by atoms with Crippen molar-refractivity contribution in [3.05, 3.63) is 33.9 Å². The van der Waals surface area contributed by atoms with Crippen LogP contribution in [-0.2, 0) is 5.54 Å². The lowest BCUT2D eigenvalue weighted by atomic mass is 9.73. The molecule has 1 saturated carbocycles. The number of hydrogen-bond donors (Lipinski definition) is 1. The van der Waals surface area contributed by atoms with Crippen molar-refractivity contribution >= 4 is 5.69 Å². The number of nitro benzene ring substituents is 1. The Balaban J connectivity index is 2.40. The highest BCUT2D eigenvalue weighted by molar-refractivity contribution is 5.50. The van der Waals surface area contributed by atoms with Gasteiger partial charge in [0.1, 0.15) is 0 Å². The van der Waals surface area contributed by atoms with Gasteiger partial charge in [-0.15, -0.1) is 0 Å². The average Bonchev–Trinajstić information content (AvgIpc) is 2.24. The van der Waals surface area contributed by atoms with Gasteiger partial charge < -0.3 is 10.5 Å². The van der Waals surface area contributed by atoms with Gasteiger partial charge in [-0.2, -0.15) is 0 Å². The summed E-state index contributed by atoms with van der Waals surface area (Å²) < 4.78 is 5.01. The molecule has 0 spiro atoms. The van der Waals surface area contributed by atoms with Gasteiger partial charge in [0.25, 0.3) is 0 Å². The van der Waals surface area contributed by atoms with E-state index in [0.29, 0.717) is 0 Å². The lowest BCUT2D eigenvalue weighted by Gasteiger charge is -2.38. The van der Waals surface area contributed by atoms with Crippen LogP contribution in [-0.4, -0.2) is 12.0 Å². The first-order valence-electron chi connectivity index (χ1n) is 5.18. The topological polar surface area (TPSA) is 78.4 Å². The summed E-state index contributed by atoms with van der Waals surface area (Å²) in [5.41, 5.74) is 6.73. The number of nitrogens with zero attached hydrogens (tertiary/aromatic N) is 1. The zero-order valence-corrected chi connectivity index (χ0v) is 9.10. The van der Waals surface area contributed by atoms with Crippen LogP contribution in [0.3, 0.4) is 0 Å². The number of methoxy groups -OCH3 is 1. The number of ether oxygens (including phenoxy) is 1. The van der Waals surface area contributed by atoms with E-state index in [2.05, 4.69) is 0 Å². The van der Waals surface area contributed by atoms with Crippen LogP contribution in [0.1, 0.15) is 24.8 Å². The SMILES string of the molecule is COc1cc(C2(N)CCC2)ccc1[N+](=O)[O-]. The Morgan fingerprint density at radius 3 is 2.62 bits per heavy atom. The predicted molar refractivity (Wildman–Crippen MR) is 59.4 cm³/mol. The number of nitro groups is 1. The normalized spacial score (nSPS) is 17.6. The first kappa shape index (κ1) is 10.9. The molecule has 2 N–H and O–H groups in total. The molecule has 1 aromatic rings. The van der Waals surface area contributed by atoms with Gasteiger partial charge in [-0.3, -0.25) is 10.1 Å². The molecular weight excluding hydrogens is 208 g/mol. The molecule has 1 aromatic carbocycles. The second-order valence-electron chi connectivity index (χ2n) is 4.15. The van der Waals surface area contributed by atoms with Crippen LogP contribution < -0.4 is 10.5 Å². The maximum Gasteiger partial charge on any atom is 0.310 e. The van der Waals surface area contributed by atoms with Crippen molar-refractivity contribution in [3.8, 4) is 5.75 Å². The standard InChI is InChI=1S/C11H14N2O3/c1-16-10-7-8(11(12)5-2-6-11)3-4-9(10)13(14)15/h3-4,7H,2,5-6,12H2,1H3. The maximum atomic E-state index is 10.7. The Labute approximate surface area is 93.4 Å². The lowest BCUT2D eigenvalue weighted by Crippen LogP contribution is -2.43. The third kappa shape index (κ3) is 1.63. The fourth-order valence-corrected chi connectivity index (χ4v) is 1.98. The van der Waals surface area contributed by atoms with Crippen molar-refractivity contribution in [2.45, 2.75) is 24.8 Å². The van der Waals surface area contributed by atoms with E-state index >= 15 is 0 Å². The predicted octanol–water partition coefficient (Wildman–Crippen LogP) is 1.94. The van der Waals surface area contributed by atoms with Crippen LogP contribution in [0.5, 0.6) is 5.75 Å². The number of benzene rings is 1. The maximum absolute atomic E-state index is 10.7. The Morgan fingerprint density at radius 1 is 1.50 bits per heavy atom. The molecule has 0 aromatic heterocycles. The summed E-state index contributed by atoms with van der Waals surface area (Å²) in [5.74, 6) is 0.277. The summed E-state index contributed by atoms with van der Waals surface area (Å²) in [6.45, 7) is 0. The van der Waals surface area contributed by atoms with Crippen molar-refractivity contribution < 1.29 is 9.66 Å². The molecule has 0 unspecified atom stereocenters. The van der Waals surface area contributed by atoms with Gasteiger partial charge >= 0.3 is 5.69 Å². The van der Waals surface area contributed by atoms with Gasteiger partial charge in [-0.05, 0) is 30.9 Å². The second-order valence-corrected chi connectivity index (χ2v) is 4.15. The van der Waals surface area contributed by atoms with E-state index in [-0.39, 0.29) is 17.0 Å². The molecule has 5 nitrogen and oxygen atoms in total. The molecule has 5 heteroatoms. The first-order chi connectivity index (χ1) is 7.57. The molecule has 86 valence electrons. The molecule has 0 atom stereocenters. The lowest BCUT2D eigenvalue weighted by molar-refractivity contribution is -0.385. The minimum absolute atomic E-state index is 0.0193. The summed E-state index contributed by atoms with van der Waals surface area (Å²) in [4.78, 5) is 10.3. The van der Waals surface area contributed by atoms with Crippen molar-refractivity contribution in [2.75, 3.05) is 7.11 Å². The summed E-state index contributed by atoms with van der Waals surface area (Å²) in [7, 11) is 1.43. The highest BCUT2D eigenvalue weighted by Crippen LogP contribution is 2.41. The fraction of sp³-hybridized carbons (Fsp3) is 0.455. The molecule has 0 heterocycles. The van der Waals surface area contributed by atoms with Gasteiger partial charge in [0.15, 0.2) is 5.75 Å². The molecule has 0 saturated heterocycles. The molecule has 0 bridgehead atoms. The quantitative estimate of drug-likeness (QED) is 0.626. The average molecular weight is 222 g/mol. The van der Waals surface area contributed by atoms with E-state index in [4.69, 9.17) is 10.5 Å². The summed E-state index contributed by atoms with van der Waals surface area (Å²) in [6, 6.07) is 4.86. The van der Waals surface area contributed by atoms with Gasteiger partial charge in [0, 0.05) is 11.6 Å². The van der Waals surface area contributed by atoms with Crippen LogP contribution in [0.25, 0.3) is 0 Å². The van der Waals surface area contributed by atoms with Crippen molar-refractivity contribution in [1.29, 1.82) is 0 Å². The minimum Gasteiger partial charge on any atom is -0.490 e. The molecule has 0 radical (unpaired) electrons. The molecule has 1 aliphatic carbocycles. The smallest absolute Gasteiger partial charge is 0.310 e. The van der Waals surface area contributed by atoms with Crippen molar-refractivity contribution in [2.24, 2.45) is 5.73 Å². The molecule has 1 aliphatic rings. The van der Waals surface area contributed by atoms with Gasteiger partial charge in [0.2, 0.25) is 0 Å². The summed E-state index contributed by atoms with van der Waals surface area (Å²) >= 11 is 0. The third-order valence-electron chi connectivity index (χ3n) is 3.20. The summed E-state index contributed by atoms with van der Waals surface area (Å²) in [5, 5.41) is 10.7. The zero-order chi connectivity index (χ0) is 11.8. The van der Waals surface area contributed by atoms with E-state index in [9.17, 15) is 10.1 Å². The van der Waals surface area contributed by atoms with Gasteiger partial charge in [-0.25, -0.2) is 0 Å². The number of hydrogen-bond acceptors (Lipinski definition) is 4.